The van der Waals surface area contributed by atoms with Crippen molar-refractivity contribution in [2.45, 2.75) is 25.7 Å². The predicted molar refractivity (Wildman–Crippen MR) is 155 cm³/mol. The quantitative estimate of drug-likeness (QED) is 0.288. The fourth-order valence-corrected chi connectivity index (χ4v) is 5.77. The van der Waals surface area contributed by atoms with Crippen molar-refractivity contribution in [3.05, 3.63) is 71.9 Å². The number of rotatable bonds is 10. The zero-order chi connectivity index (χ0) is 25.8. The molecule has 3 heterocycles. The standard InChI is InChI=1S/C29H34N4O4.2ClH/c34-28(35)25(22-7-10-30-17-22)15-19-3-1-5-21(13-19)27-9-12-33(32-27)24-6-2-4-20(14-24)16-26(29(36)37)23-8-11-31-18-23;;/h1-6,9,12-14,22-23,25-26,30-31H,7-8,10-11,15-18H2,(H,34,35)(H,36,37);2*1H/t22-,23-,25-,26-;;/m0../s1. The molecule has 2 aliphatic heterocycles. The molecule has 0 saturated carbocycles. The first-order valence-electron chi connectivity index (χ1n) is 13.1. The first-order chi connectivity index (χ1) is 18.0. The van der Waals surface area contributed by atoms with Crippen LogP contribution >= 0.6 is 24.8 Å². The van der Waals surface area contributed by atoms with Gasteiger partial charge in [-0.3, -0.25) is 9.59 Å². The maximum atomic E-state index is 11.9. The van der Waals surface area contributed by atoms with E-state index in [0.29, 0.717) is 12.8 Å². The summed E-state index contributed by atoms with van der Waals surface area (Å²) in [6, 6.07) is 17.8. The minimum absolute atomic E-state index is 0. The molecular formula is C29H36Cl2N4O4. The molecule has 3 aromatic rings. The van der Waals surface area contributed by atoms with Crippen LogP contribution in [-0.2, 0) is 22.4 Å². The normalized spacial score (nSPS) is 20.0. The van der Waals surface area contributed by atoms with Gasteiger partial charge in [-0.15, -0.1) is 24.8 Å². The van der Waals surface area contributed by atoms with E-state index in [4.69, 9.17) is 5.10 Å². The van der Waals surface area contributed by atoms with Crippen molar-refractivity contribution in [1.29, 1.82) is 0 Å². The van der Waals surface area contributed by atoms with Crippen molar-refractivity contribution in [3.8, 4) is 16.9 Å². The highest BCUT2D eigenvalue weighted by Gasteiger charge is 2.31. The molecule has 2 saturated heterocycles. The van der Waals surface area contributed by atoms with Gasteiger partial charge in [0.2, 0.25) is 0 Å². The number of aromatic nitrogens is 2. The summed E-state index contributed by atoms with van der Waals surface area (Å²) < 4.78 is 1.81. The van der Waals surface area contributed by atoms with E-state index in [1.165, 1.54) is 0 Å². The van der Waals surface area contributed by atoms with Crippen LogP contribution < -0.4 is 10.6 Å². The zero-order valence-electron chi connectivity index (χ0n) is 21.7. The molecule has 5 rings (SSSR count). The Balaban J connectivity index is 0.00000210. The van der Waals surface area contributed by atoms with E-state index in [1.807, 2.05) is 65.5 Å². The second-order valence-electron chi connectivity index (χ2n) is 10.3. The van der Waals surface area contributed by atoms with Crippen LogP contribution in [0.15, 0.2) is 60.8 Å². The van der Waals surface area contributed by atoms with Crippen molar-refractivity contribution in [2.75, 3.05) is 26.2 Å². The summed E-state index contributed by atoms with van der Waals surface area (Å²) in [6.07, 6.45) is 4.68. The molecule has 10 heteroatoms. The number of benzene rings is 2. The topological polar surface area (TPSA) is 116 Å². The average Bonchev–Trinajstić information content (AvgIpc) is 3.69. The number of carboxylic acids is 2. The fraction of sp³-hybridized carbons (Fsp3) is 0.414. The summed E-state index contributed by atoms with van der Waals surface area (Å²) in [7, 11) is 0. The Morgan fingerprint density at radius 2 is 1.41 bits per heavy atom. The van der Waals surface area contributed by atoms with Crippen molar-refractivity contribution in [3.63, 3.8) is 0 Å². The smallest absolute Gasteiger partial charge is 0.307 e. The molecule has 4 N–H and O–H groups in total. The molecule has 0 amide bonds. The third-order valence-corrected chi connectivity index (χ3v) is 7.87. The Morgan fingerprint density at radius 1 is 0.846 bits per heavy atom. The van der Waals surface area contributed by atoms with Crippen LogP contribution in [0.25, 0.3) is 16.9 Å². The van der Waals surface area contributed by atoms with E-state index in [2.05, 4.69) is 10.6 Å². The fourth-order valence-electron chi connectivity index (χ4n) is 5.77. The third kappa shape index (κ3) is 7.39. The third-order valence-electron chi connectivity index (χ3n) is 7.87. The molecule has 0 aliphatic carbocycles. The van der Waals surface area contributed by atoms with Crippen molar-refractivity contribution in [1.82, 2.24) is 20.4 Å². The molecule has 2 fully saturated rings. The van der Waals surface area contributed by atoms with Crippen LogP contribution in [0.1, 0.15) is 24.0 Å². The summed E-state index contributed by atoms with van der Waals surface area (Å²) in [6.45, 7) is 3.26. The number of nitrogens with one attached hydrogen (secondary N) is 2. The average molecular weight is 576 g/mol. The number of nitrogens with zero attached hydrogens (tertiary/aromatic N) is 2. The van der Waals surface area contributed by atoms with E-state index < -0.39 is 23.8 Å². The van der Waals surface area contributed by atoms with Gasteiger partial charge in [-0.1, -0.05) is 30.3 Å². The second kappa shape index (κ2) is 13.9. The van der Waals surface area contributed by atoms with Crippen LogP contribution in [0.5, 0.6) is 0 Å². The lowest BCUT2D eigenvalue weighted by Gasteiger charge is -2.19. The van der Waals surface area contributed by atoms with Crippen LogP contribution in [0.3, 0.4) is 0 Å². The number of hydrogen-bond acceptors (Lipinski definition) is 5. The highest BCUT2D eigenvalue weighted by Crippen LogP contribution is 2.27. The van der Waals surface area contributed by atoms with Crippen LogP contribution in [0.4, 0.5) is 0 Å². The summed E-state index contributed by atoms with van der Waals surface area (Å²) in [5.41, 5.74) is 4.61. The largest absolute Gasteiger partial charge is 0.481 e. The van der Waals surface area contributed by atoms with Crippen molar-refractivity contribution in [2.24, 2.45) is 23.7 Å². The van der Waals surface area contributed by atoms with Gasteiger partial charge < -0.3 is 20.8 Å². The molecule has 0 radical (unpaired) electrons. The highest BCUT2D eigenvalue weighted by atomic mass is 35.5. The van der Waals surface area contributed by atoms with E-state index in [9.17, 15) is 19.8 Å². The molecule has 2 aliphatic rings. The second-order valence-corrected chi connectivity index (χ2v) is 10.3. The number of halogens is 2. The zero-order valence-corrected chi connectivity index (χ0v) is 23.3. The molecule has 8 nitrogen and oxygen atoms in total. The lowest BCUT2D eigenvalue weighted by Crippen LogP contribution is -2.27. The van der Waals surface area contributed by atoms with E-state index in [-0.39, 0.29) is 36.6 Å². The maximum absolute atomic E-state index is 11.9. The first-order valence-corrected chi connectivity index (χ1v) is 13.1. The Morgan fingerprint density at radius 3 is 1.95 bits per heavy atom. The SMILES string of the molecule is Cl.Cl.O=C(O)[C@@H](Cc1cccc(-c2ccn(-c3cccc(C[C@H](C(=O)O)[C@H]4CCNC4)c3)n2)c1)[C@H]1CCNC1. The van der Waals surface area contributed by atoms with Crippen molar-refractivity contribution < 1.29 is 19.8 Å². The lowest BCUT2D eigenvalue weighted by atomic mass is 9.86. The molecule has 4 atom stereocenters. The number of hydrogen-bond donors (Lipinski definition) is 4. The lowest BCUT2D eigenvalue weighted by molar-refractivity contribution is -0.144. The minimum Gasteiger partial charge on any atom is -0.481 e. The van der Waals surface area contributed by atoms with Gasteiger partial charge in [0.15, 0.2) is 0 Å². The van der Waals surface area contributed by atoms with E-state index >= 15 is 0 Å². The molecule has 0 spiro atoms. The molecule has 2 aromatic carbocycles. The molecular weight excluding hydrogens is 539 g/mol. The van der Waals surface area contributed by atoms with Gasteiger partial charge in [-0.05, 0) is 99.1 Å². The van der Waals surface area contributed by atoms with Gasteiger partial charge in [0, 0.05) is 11.8 Å². The maximum Gasteiger partial charge on any atom is 0.307 e. The number of aliphatic carboxylic acids is 2. The summed E-state index contributed by atoms with van der Waals surface area (Å²) >= 11 is 0. The van der Waals surface area contributed by atoms with Crippen LogP contribution in [-0.4, -0.2) is 58.1 Å². The molecule has 0 unspecified atom stereocenters. The number of carbonyl (C=O) groups is 2. The van der Waals surface area contributed by atoms with Gasteiger partial charge in [0.05, 0.1) is 23.2 Å². The minimum atomic E-state index is -0.741. The predicted octanol–water partition coefficient (Wildman–Crippen LogP) is 4.09. The molecule has 1 aromatic heterocycles. The van der Waals surface area contributed by atoms with E-state index in [1.54, 1.807) is 0 Å². The van der Waals surface area contributed by atoms with E-state index in [0.717, 1.165) is 67.1 Å². The van der Waals surface area contributed by atoms with Crippen LogP contribution in [0, 0.1) is 23.7 Å². The Labute approximate surface area is 241 Å². The number of carboxylic acid groups (broad SMARTS) is 2. The summed E-state index contributed by atoms with van der Waals surface area (Å²) in [5, 5.41) is 30.9. The van der Waals surface area contributed by atoms with Gasteiger partial charge in [0.25, 0.3) is 0 Å². The summed E-state index contributed by atoms with van der Waals surface area (Å²) in [5.74, 6) is -1.99. The van der Waals surface area contributed by atoms with Crippen molar-refractivity contribution >= 4 is 36.8 Å². The molecule has 210 valence electrons. The van der Waals surface area contributed by atoms with Gasteiger partial charge >= 0.3 is 11.9 Å². The van der Waals surface area contributed by atoms with Gasteiger partial charge in [0.1, 0.15) is 0 Å². The monoisotopic (exact) mass is 574 g/mol. The van der Waals surface area contributed by atoms with Gasteiger partial charge in [-0.2, -0.15) is 5.10 Å². The van der Waals surface area contributed by atoms with Crippen LogP contribution in [0.2, 0.25) is 0 Å². The Bertz CT molecular complexity index is 1160. The first kappa shape index (κ1) is 30.6. The Kier molecular flexibility index (Phi) is 10.9. The molecule has 39 heavy (non-hydrogen) atoms. The summed E-state index contributed by atoms with van der Waals surface area (Å²) in [4.78, 5) is 23.9. The highest BCUT2D eigenvalue weighted by molar-refractivity contribution is 5.85. The van der Waals surface area contributed by atoms with Gasteiger partial charge in [-0.25, -0.2) is 4.68 Å². The molecule has 0 bridgehead atoms. The Hall–Kier alpha value is -2.91.